The quantitative estimate of drug-likeness (QED) is 0.639. The van der Waals surface area contributed by atoms with Gasteiger partial charge in [0.05, 0.1) is 12.0 Å². The zero-order valence-corrected chi connectivity index (χ0v) is 12.6. The van der Waals surface area contributed by atoms with Gasteiger partial charge < -0.3 is 10.5 Å². The third-order valence-corrected chi connectivity index (χ3v) is 3.67. The van der Waals surface area contributed by atoms with Gasteiger partial charge in [0.15, 0.2) is 0 Å². The molecule has 114 valence electrons. The third kappa shape index (κ3) is 3.61. The van der Waals surface area contributed by atoms with Gasteiger partial charge in [-0.2, -0.15) is 0 Å². The van der Waals surface area contributed by atoms with Crippen molar-refractivity contribution in [3.05, 3.63) is 29.8 Å². The van der Waals surface area contributed by atoms with E-state index in [-0.39, 0.29) is 11.8 Å². The van der Waals surface area contributed by atoms with Crippen molar-refractivity contribution < 1.29 is 14.3 Å². The fraction of sp³-hybridized carbons (Fsp3) is 0.500. The smallest absolute Gasteiger partial charge is 0.235 e. The highest BCUT2D eigenvalue weighted by Gasteiger charge is 2.44. The number of rotatable bonds is 6. The monoisotopic (exact) mass is 290 g/mol. The Bertz CT molecular complexity index is 523. The molecule has 0 radical (unpaired) electrons. The van der Waals surface area contributed by atoms with Gasteiger partial charge >= 0.3 is 0 Å². The normalized spacial score (nSPS) is 17.4. The lowest BCUT2D eigenvalue weighted by Gasteiger charge is -2.17. The predicted octanol–water partition coefficient (Wildman–Crippen LogP) is 1.70. The highest BCUT2D eigenvalue weighted by Crippen LogP contribution is 2.31. The van der Waals surface area contributed by atoms with E-state index in [0.717, 1.165) is 11.3 Å². The van der Waals surface area contributed by atoms with E-state index in [1.165, 1.54) is 4.90 Å². The molecule has 0 unspecified atom stereocenters. The highest BCUT2D eigenvalue weighted by molar-refractivity contribution is 6.05. The minimum Gasteiger partial charge on any atom is -0.494 e. The molecule has 0 atom stereocenters. The average molecular weight is 290 g/mol. The van der Waals surface area contributed by atoms with Crippen molar-refractivity contribution in [1.82, 2.24) is 4.90 Å². The fourth-order valence-electron chi connectivity index (χ4n) is 2.39. The van der Waals surface area contributed by atoms with Crippen LogP contribution in [-0.2, 0) is 16.1 Å². The van der Waals surface area contributed by atoms with E-state index in [9.17, 15) is 9.59 Å². The van der Waals surface area contributed by atoms with Crippen LogP contribution in [0.5, 0.6) is 5.75 Å². The Morgan fingerprint density at radius 3 is 2.43 bits per heavy atom. The molecule has 5 heteroatoms. The third-order valence-electron chi connectivity index (χ3n) is 3.67. The molecule has 0 bridgehead atoms. The summed E-state index contributed by atoms with van der Waals surface area (Å²) < 4.78 is 5.60. The fourth-order valence-corrected chi connectivity index (χ4v) is 2.39. The minimum atomic E-state index is -0.560. The van der Waals surface area contributed by atoms with Crippen LogP contribution >= 0.6 is 0 Å². The van der Waals surface area contributed by atoms with Crippen molar-refractivity contribution in [2.75, 3.05) is 13.2 Å². The number of benzene rings is 1. The largest absolute Gasteiger partial charge is 0.494 e. The van der Waals surface area contributed by atoms with Crippen LogP contribution in [0.15, 0.2) is 24.3 Å². The van der Waals surface area contributed by atoms with Crippen LogP contribution < -0.4 is 10.5 Å². The number of likely N-dealkylation sites (tertiary alicyclic amines) is 1. The van der Waals surface area contributed by atoms with E-state index in [1.54, 1.807) is 0 Å². The van der Waals surface area contributed by atoms with Crippen molar-refractivity contribution >= 4 is 11.8 Å². The van der Waals surface area contributed by atoms with E-state index in [4.69, 9.17) is 10.5 Å². The van der Waals surface area contributed by atoms with Crippen LogP contribution in [0.3, 0.4) is 0 Å². The Hall–Kier alpha value is -1.88. The molecular formula is C16H22N2O3. The number of carbonyl (C=O) groups is 2. The Balaban J connectivity index is 1.77. The lowest BCUT2D eigenvalue weighted by atomic mass is 9.92. The van der Waals surface area contributed by atoms with Gasteiger partial charge in [-0.25, -0.2) is 0 Å². The standard InChI is InChI=1S/C16H22N2O3/c1-16(2)10-14(19)18(15(16)20)8-3-9-21-13-6-4-12(11-17)5-7-13/h4-7H,3,8-11,17H2,1-2H3. The van der Waals surface area contributed by atoms with E-state index >= 15 is 0 Å². The SMILES string of the molecule is CC1(C)CC(=O)N(CCCOc2ccc(CN)cc2)C1=O. The molecule has 2 N–H and O–H groups in total. The molecule has 1 heterocycles. The number of nitrogens with zero attached hydrogens (tertiary/aromatic N) is 1. The van der Waals surface area contributed by atoms with Crippen molar-refractivity contribution in [1.29, 1.82) is 0 Å². The summed E-state index contributed by atoms with van der Waals surface area (Å²) in [7, 11) is 0. The summed E-state index contributed by atoms with van der Waals surface area (Å²) in [6.45, 7) is 5.02. The Kier molecular flexibility index (Phi) is 4.63. The Labute approximate surface area is 125 Å². The molecule has 1 saturated heterocycles. The average Bonchev–Trinajstić information content (AvgIpc) is 2.65. The first-order valence-electron chi connectivity index (χ1n) is 7.20. The highest BCUT2D eigenvalue weighted by atomic mass is 16.5. The maximum Gasteiger partial charge on any atom is 0.235 e. The summed E-state index contributed by atoms with van der Waals surface area (Å²) in [6.07, 6.45) is 0.930. The summed E-state index contributed by atoms with van der Waals surface area (Å²) >= 11 is 0. The van der Waals surface area contributed by atoms with Gasteiger partial charge in [0.2, 0.25) is 11.8 Å². The predicted molar refractivity (Wildman–Crippen MR) is 79.6 cm³/mol. The molecule has 21 heavy (non-hydrogen) atoms. The second-order valence-corrected chi connectivity index (χ2v) is 5.96. The molecule has 1 aliphatic heterocycles. The summed E-state index contributed by atoms with van der Waals surface area (Å²) in [5.74, 6) is 0.601. The van der Waals surface area contributed by atoms with Gasteiger partial charge in [-0.15, -0.1) is 0 Å². The van der Waals surface area contributed by atoms with Crippen LogP contribution in [0.25, 0.3) is 0 Å². The zero-order chi connectivity index (χ0) is 15.5. The molecule has 1 aromatic rings. The van der Waals surface area contributed by atoms with Gasteiger partial charge in [-0.1, -0.05) is 26.0 Å². The molecule has 0 spiro atoms. The van der Waals surface area contributed by atoms with E-state index < -0.39 is 5.41 Å². The van der Waals surface area contributed by atoms with Crippen molar-refractivity contribution in [2.45, 2.75) is 33.2 Å². The van der Waals surface area contributed by atoms with E-state index in [2.05, 4.69) is 0 Å². The van der Waals surface area contributed by atoms with Crippen LogP contribution in [0.2, 0.25) is 0 Å². The van der Waals surface area contributed by atoms with Gasteiger partial charge in [0.25, 0.3) is 0 Å². The van der Waals surface area contributed by atoms with Gasteiger partial charge in [0.1, 0.15) is 5.75 Å². The summed E-state index contributed by atoms with van der Waals surface area (Å²) in [5.41, 5.74) is 6.02. The molecule has 1 aliphatic rings. The van der Waals surface area contributed by atoms with Crippen LogP contribution in [-0.4, -0.2) is 29.9 Å². The second-order valence-electron chi connectivity index (χ2n) is 5.96. The minimum absolute atomic E-state index is 0.0835. The van der Waals surface area contributed by atoms with Crippen LogP contribution in [0.1, 0.15) is 32.3 Å². The number of hydrogen-bond donors (Lipinski definition) is 1. The van der Waals surface area contributed by atoms with Crippen molar-refractivity contribution in [3.8, 4) is 5.75 Å². The van der Waals surface area contributed by atoms with Gasteiger partial charge in [0, 0.05) is 19.5 Å². The molecule has 1 aromatic carbocycles. The number of amides is 2. The zero-order valence-electron chi connectivity index (χ0n) is 12.6. The summed E-state index contributed by atoms with van der Waals surface area (Å²) in [4.78, 5) is 25.2. The van der Waals surface area contributed by atoms with E-state index in [0.29, 0.717) is 32.5 Å². The Morgan fingerprint density at radius 1 is 1.24 bits per heavy atom. The van der Waals surface area contributed by atoms with Crippen molar-refractivity contribution in [3.63, 3.8) is 0 Å². The molecular weight excluding hydrogens is 268 g/mol. The van der Waals surface area contributed by atoms with Gasteiger partial charge in [-0.05, 0) is 24.1 Å². The molecule has 2 amide bonds. The first-order chi connectivity index (χ1) is 9.94. The number of hydrogen-bond acceptors (Lipinski definition) is 4. The molecule has 5 nitrogen and oxygen atoms in total. The molecule has 0 aliphatic carbocycles. The molecule has 1 fully saturated rings. The van der Waals surface area contributed by atoms with Gasteiger partial charge in [-0.3, -0.25) is 14.5 Å². The van der Waals surface area contributed by atoms with E-state index in [1.807, 2.05) is 38.1 Å². The van der Waals surface area contributed by atoms with Crippen molar-refractivity contribution in [2.24, 2.45) is 11.1 Å². The number of nitrogens with two attached hydrogens (primary N) is 1. The second kappa shape index (κ2) is 6.26. The maximum atomic E-state index is 12.0. The summed E-state index contributed by atoms with van der Waals surface area (Å²) in [5, 5.41) is 0. The first-order valence-corrected chi connectivity index (χ1v) is 7.20. The van der Waals surface area contributed by atoms with Crippen LogP contribution in [0, 0.1) is 5.41 Å². The topological polar surface area (TPSA) is 72.6 Å². The first kappa shape index (κ1) is 15.5. The number of ether oxygens (including phenoxy) is 1. The maximum absolute atomic E-state index is 12.0. The lowest BCUT2D eigenvalue weighted by molar-refractivity contribution is -0.140. The number of carbonyl (C=O) groups excluding carboxylic acids is 2. The molecule has 2 rings (SSSR count). The van der Waals surface area contributed by atoms with Crippen LogP contribution in [0.4, 0.5) is 0 Å². The lowest BCUT2D eigenvalue weighted by Crippen LogP contribution is -2.34. The molecule has 0 aromatic heterocycles. The summed E-state index contributed by atoms with van der Waals surface area (Å²) in [6, 6.07) is 7.59. The number of imide groups is 1. The molecule has 0 saturated carbocycles. The Morgan fingerprint density at radius 2 is 1.90 bits per heavy atom.